The minimum Gasteiger partial charge on any atom is -0.489 e. The van der Waals surface area contributed by atoms with Gasteiger partial charge in [0.1, 0.15) is 18.2 Å². The van der Waals surface area contributed by atoms with Gasteiger partial charge in [-0.1, -0.05) is 48.0 Å². The molecule has 6 heteroatoms. The van der Waals surface area contributed by atoms with E-state index in [-0.39, 0.29) is 11.6 Å². The number of hydrogen-bond acceptors (Lipinski definition) is 4. The lowest BCUT2D eigenvalue weighted by Gasteiger charge is -2.08. The molecule has 0 bridgehead atoms. The van der Waals surface area contributed by atoms with Crippen LogP contribution in [0.1, 0.15) is 16.7 Å². The second kappa shape index (κ2) is 8.29. The van der Waals surface area contributed by atoms with Crippen LogP contribution in [0.3, 0.4) is 0 Å². The summed E-state index contributed by atoms with van der Waals surface area (Å²) in [6.45, 7) is 0.323. The summed E-state index contributed by atoms with van der Waals surface area (Å²) in [5.74, 6) is -0.319. The molecule has 3 aromatic rings. The van der Waals surface area contributed by atoms with Crippen LogP contribution >= 0.6 is 11.6 Å². The van der Waals surface area contributed by atoms with Crippen LogP contribution in [0.15, 0.2) is 83.5 Å². The van der Waals surface area contributed by atoms with Crippen LogP contribution in [-0.2, 0) is 16.1 Å². The van der Waals surface area contributed by atoms with Gasteiger partial charge >= 0.3 is 5.97 Å². The Bertz CT molecular complexity index is 1140. The molecule has 0 saturated carbocycles. The predicted octanol–water partition coefficient (Wildman–Crippen LogP) is 5.40. The fourth-order valence-electron chi connectivity index (χ4n) is 2.78. The molecule has 0 atom stereocenters. The normalized spacial score (nSPS) is 14.6. The number of halogens is 2. The summed E-state index contributed by atoms with van der Waals surface area (Å²) in [7, 11) is 0. The molecule has 4 nitrogen and oxygen atoms in total. The summed E-state index contributed by atoms with van der Waals surface area (Å²) in [5, 5.41) is 0.638. The van der Waals surface area contributed by atoms with Crippen molar-refractivity contribution in [2.24, 2.45) is 4.99 Å². The van der Waals surface area contributed by atoms with Crippen LogP contribution in [0.2, 0.25) is 5.02 Å². The smallest absolute Gasteiger partial charge is 0.363 e. The lowest BCUT2D eigenvalue weighted by Crippen LogP contribution is -2.05. The first-order chi connectivity index (χ1) is 14.1. The number of ether oxygens (including phenoxy) is 2. The zero-order chi connectivity index (χ0) is 20.2. The van der Waals surface area contributed by atoms with Crippen molar-refractivity contribution in [2.75, 3.05) is 0 Å². The van der Waals surface area contributed by atoms with Crippen molar-refractivity contribution in [1.82, 2.24) is 0 Å². The van der Waals surface area contributed by atoms with E-state index in [2.05, 4.69) is 4.99 Å². The van der Waals surface area contributed by atoms with Crippen LogP contribution < -0.4 is 4.74 Å². The number of carbonyl (C=O) groups is 1. The van der Waals surface area contributed by atoms with Crippen molar-refractivity contribution < 1.29 is 18.7 Å². The molecule has 144 valence electrons. The SMILES string of the molecule is O=C1OC(c2cccc(F)c2)=N/C1=C/c1cccc(OCc2ccccc2Cl)c1. The Balaban J connectivity index is 1.53. The first kappa shape index (κ1) is 18.9. The second-order valence-electron chi connectivity index (χ2n) is 6.30. The molecule has 0 unspecified atom stereocenters. The highest BCUT2D eigenvalue weighted by atomic mass is 35.5. The average Bonchev–Trinajstić information content (AvgIpc) is 3.08. The van der Waals surface area contributed by atoms with Gasteiger partial charge in [0.05, 0.1) is 0 Å². The summed E-state index contributed by atoms with van der Waals surface area (Å²) in [4.78, 5) is 16.3. The third-order valence-corrected chi connectivity index (χ3v) is 4.57. The molecular weight excluding hydrogens is 393 g/mol. The van der Waals surface area contributed by atoms with E-state index < -0.39 is 11.8 Å². The van der Waals surface area contributed by atoms with Gasteiger partial charge in [-0.3, -0.25) is 0 Å². The molecule has 0 amide bonds. The molecule has 0 saturated heterocycles. The monoisotopic (exact) mass is 407 g/mol. The van der Waals surface area contributed by atoms with E-state index in [1.165, 1.54) is 18.2 Å². The standard InChI is InChI=1S/C23H15ClFNO3/c24-20-10-2-1-6-17(20)14-28-19-9-3-5-15(11-19)12-21-23(27)29-22(26-21)16-7-4-8-18(25)13-16/h1-13H,14H2/b21-12+. The molecule has 3 aromatic carbocycles. The van der Waals surface area contributed by atoms with Crippen molar-refractivity contribution in [1.29, 1.82) is 0 Å². The van der Waals surface area contributed by atoms with Gasteiger partial charge in [0.15, 0.2) is 5.70 Å². The highest BCUT2D eigenvalue weighted by Crippen LogP contribution is 2.23. The molecule has 0 fully saturated rings. The molecule has 0 radical (unpaired) electrons. The van der Waals surface area contributed by atoms with Crippen molar-refractivity contribution in [3.05, 3.63) is 106 Å². The number of carbonyl (C=O) groups excluding carboxylic acids is 1. The van der Waals surface area contributed by atoms with Crippen LogP contribution in [0.5, 0.6) is 5.75 Å². The fraction of sp³-hybridized carbons (Fsp3) is 0.0435. The number of esters is 1. The quantitative estimate of drug-likeness (QED) is 0.420. The molecule has 1 aliphatic rings. The van der Waals surface area contributed by atoms with Crippen LogP contribution in [0.25, 0.3) is 6.08 Å². The lowest BCUT2D eigenvalue weighted by atomic mass is 10.2. The first-order valence-electron chi connectivity index (χ1n) is 8.83. The fourth-order valence-corrected chi connectivity index (χ4v) is 2.97. The lowest BCUT2D eigenvalue weighted by molar-refractivity contribution is -0.129. The molecule has 0 N–H and O–H groups in total. The molecular formula is C23H15ClFNO3. The van der Waals surface area contributed by atoms with Crippen molar-refractivity contribution >= 4 is 29.5 Å². The van der Waals surface area contributed by atoms with Crippen LogP contribution in [0, 0.1) is 5.82 Å². The Morgan fingerprint density at radius 1 is 1.03 bits per heavy atom. The molecule has 1 aliphatic heterocycles. The number of cyclic esters (lactones) is 1. The van der Waals surface area contributed by atoms with Gasteiger partial charge in [-0.15, -0.1) is 0 Å². The van der Waals surface area contributed by atoms with Gasteiger partial charge in [0.25, 0.3) is 0 Å². The van der Waals surface area contributed by atoms with Crippen molar-refractivity contribution in [2.45, 2.75) is 6.61 Å². The van der Waals surface area contributed by atoms with Gasteiger partial charge in [-0.25, -0.2) is 14.2 Å². The van der Waals surface area contributed by atoms with E-state index in [4.69, 9.17) is 21.1 Å². The van der Waals surface area contributed by atoms with Gasteiger partial charge in [0.2, 0.25) is 5.90 Å². The van der Waals surface area contributed by atoms with Gasteiger partial charge in [-0.05, 0) is 48.0 Å². The maximum Gasteiger partial charge on any atom is 0.363 e. The minimum absolute atomic E-state index is 0.0758. The summed E-state index contributed by atoms with van der Waals surface area (Å²) in [6.07, 6.45) is 1.59. The Hall–Kier alpha value is -3.44. The van der Waals surface area contributed by atoms with Crippen molar-refractivity contribution in [3.63, 3.8) is 0 Å². The number of benzene rings is 3. The summed E-state index contributed by atoms with van der Waals surface area (Å²) in [6, 6.07) is 20.4. The van der Waals surface area contributed by atoms with Gasteiger partial charge < -0.3 is 9.47 Å². The predicted molar refractivity (Wildman–Crippen MR) is 109 cm³/mol. The number of hydrogen-bond donors (Lipinski definition) is 0. The van der Waals surface area contributed by atoms with E-state index in [9.17, 15) is 9.18 Å². The number of rotatable bonds is 5. The largest absolute Gasteiger partial charge is 0.489 e. The molecule has 29 heavy (non-hydrogen) atoms. The minimum atomic E-state index is -0.591. The Morgan fingerprint density at radius 3 is 2.69 bits per heavy atom. The molecule has 4 rings (SSSR count). The average molecular weight is 408 g/mol. The Morgan fingerprint density at radius 2 is 1.86 bits per heavy atom. The van der Waals surface area contributed by atoms with E-state index in [1.54, 1.807) is 24.3 Å². The van der Waals surface area contributed by atoms with Crippen LogP contribution in [-0.4, -0.2) is 11.9 Å². The summed E-state index contributed by atoms with van der Waals surface area (Å²) < 4.78 is 24.4. The highest BCUT2D eigenvalue weighted by molar-refractivity contribution is 6.31. The summed E-state index contributed by atoms with van der Waals surface area (Å²) in [5.41, 5.74) is 2.13. The Labute approximate surface area is 171 Å². The Kier molecular flexibility index (Phi) is 5.40. The molecule has 0 aliphatic carbocycles. The molecule has 0 aromatic heterocycles. The number of aliphatic imine (C=N–C) groups is 1. The van der Waals surface area contributed by atoms with Gasteiger partial charge in [0, 0.05) is 16.1 Å². The van der Waals surface area contributed by atoms with E-state index >= 15 is 0 Å². The van der Waals surface area contributed by atoms with E-state index in [1.807, 2.05) is 36.4 Å². The van der Waals surface area contributed by atoms with E-state index in [0.29, 0.717) is 22.9 Å². The van der Waals surface area contributed by atoms with Gasteiger partial charge in [-0.2, -0.15) is 0 Å². The third kappa shape index (κ3) is 4.52. The summed E-state index contributed by atoms with van der Waals surface area (Å²) >= 11 is 6.15. The first-order valence-corrected chi connectivity index (χ1v) is 9.21. The molecule has 1 heterocycles. The zero-order valence-corrected chi connectivity index (χ0v) is 15.9. The van der Waals surface area contributed by atoms with Crippen LogP contribution in [0.4, 0.5) is 4.39 Å². The third-order valence-electron chi connectivity index (χ3n) is 4.21. The highest BCUT2D eigenvalue weighted by Gasteiger charge is 2.24. The second-order valence-corrected chi connectivity index (χ2v) is 6.71. The van der Waals surface area contributed by atoms with Crippen molar-refractivity contribution in [3.8, 4) is 5.75 Å². The maximum absolute atomic E-state index is 13.4. The zero-order valence-electron chi connectivity index (χ0n) is 15.1. The van der Waals surface area contributed by atoms with E-state index in [0.717, 1.165) is 11.1 Å². The topological polar surface area (TPSA) is 47.9 Å². The maximum atomic E-state index is 13.4. The number of nitrogens with zero attached hydrogens (tertiary/aromatic N) is 1. The molecule has 0 spiro atoms.